The zero-order chi connectivity index (χ0) is 17.9. The molecule has 0 radical (unpaired) electrons. The lowest BCUT2D eigenvalue weighted by atomic mass is 9.96. The molecule has 1 amide bonds. The Hall–Kier alpha value is -0.820. The largest absolute Gasteiger partial charge is 0.341 e. The summed E-state index contributed by atoms with van der Waals surface area (Å²) in [5.74, 6) is -0.0467. The van der Waals surface area contributed by atoms with Crippen LogP contribution in [0.15, 0.2) is 18.2 Å². The van der Waals surface area contributed by atoms with Crippen LogP contribution in [0.4, 0.5) is 0 Å². The molecular weight excluding hydrogens is 371 g/mol. The summed E-state index contributed by atoms with van der Waals surface area (Å²) in [6.07, 6.45) is 1.09. The lowest BCUT2D eigenvalue weighted by molar-refractivity contribution is -0.135. The highest BCUT2D eigenvalue weighted by Crippen LogP contribution is 2.27. The Kier molecular flexibility index (Phi) is 6.53. The monoisotopic (exact) mass is 392 g/mol. The van der Waals surface area contributed by atoms with Gasteiger partial charge in [0, 0.05) is 32.6 Å². The minimum atomic E-state index is -3.17. The van der Waals surface area contributed by atoms with E-state index in [1.807, 2.05) is 6.07 Å². The summed E-state index contributed by atoms with van der Waals surface area (Å²) in [5.41, 5.74) is 0.797. The predicted octanol–water partition coefficient (Wildman–Crippen LogP) is 3.01. The van der Waals surface area contributed by atoms with Gasteiger partial charge in [0.15, 0.2) is 0 Å². The second kappa shape index (κ2) is 8.04. The number of halogens is 2. The Morgan fingerprint density at radius 2 is 1.92 bits per heavy atom. The first kappa shape index (κ1) is 19.5. The fourth-order valence-corrected chi connectivity index (χ4v) is 4.39. The smallest absolute Gasteiger partial charge is 0.225 e. The van der Waals surface area contributed by atoms with E-state index < -0.39 is 10.0 Å². The zero-order valence-corrected chi connectivity index (χ0v) is 16.2. The van der Waals surface area contributed by atoms with Gasteiger partial charge in [0.1, 0.15) is 0 Å². The van der Waals surface area contributed by atoms with Crippen molar-refractivity contribution in [1.82, 2.24) is 9.21 Å². The van der Waals surface area contributed by atoms with Crippen LogP contribution in [0.2, 0.25) is 10.0 Å². The molecule has 8 heteroatoms. The summed E-state index contributed by atoms with van der Waals surface area (Å²) < 4.78 is 25.2. The summed E-state index contributed by atoms with van der Waals surface area (Å²) >= 11 is 12.2. The van der Waals surface area contributed by atoms with Crippen LogP contribution in [0.3, 0.4) is 0 Å². The summed E-state index contributed by atoms with van der Waals surface area (Å²) in [4.78, 5) is 14.2. The van der Waals surface area contributed by atoms with Gasteiger partial charge in [-0.2, -0.15) is 0 Å². The third-order valence-electron chi connectivity index (χ3n) is 4.38. The number of carbonyl (C=O) groups excluding carboxylic acids is 1. The molecule has 0 spiro atoms. The molecule has 0 aromatic heterocycles. The molecule has 1 aromatic carbocycles. The highest BCUT2D eigenvalue weighted by Gasteiger charge is 2.31. The second-order valence-electron chi connectivity index (χ2n) is 5.98. The molecule has 1 fully saturated rings. The van der Waals surface area contributed by atoms with Crippen LogP contribution in [0.25, 0.3) is 0 Å². The van der Waals surface area contributed by atoms with Gasteiger partial charge in [-0.15, -0.1) is 0 Å². The summed E-state index contributed by atoms with van der Waals surface area (Å²) in [7, 11) is -1.44. The van der Waals surface area contributed by atoms with E-state index in [-0.39, 0.29) is 17.6 Å². The average Bonchev–Trinajstić information content (AvgIpc) is 2.58. The van der Waals surface area contributed by atoms with Crippen molar-refractivity contribution in [1.29, 1.82) is 0 Å². The summed E-state index contributed by atoms with van der Waals surface area (Å²) in [5, 5.41) is 0.927. The quantitative estimate of drug-likeness (QED) is 0.773. The predicted molar refractivity (Wildman–Crippen MR) is 96.7 cm³/mol. The van der Waals surface area contributed by atoms with Gasteiger partial charge in [0.25, 0.3) is 0 Å². The van der Waals surface area contributed by atoms with Crippen molar-refractivity contribution in [3.63, 3.8) is 0 Å². The van der Waals surface area contributed by atoms with Gasteiger partial charge in [-0.25, -0.2) is 12.7 Å². The van der Waals surface area contributed by atoms with Crippen LogP contribution in [0.5, 0.6) is 0 Å². The number of nitrogens with zero attached hydrogens (tertiary/aromatic N) is 2. The Balaban J connectivity index is 1.96. The topological polar surface area (TPSA) is 57.7 Å². The van der Waals surface area contributed by atoms with E-state index in [9.17, 15) is 13.2 Å². The van der Waals surface area contributed by atoms with E-state index in [0.717, 1.165) is 5.56 Å². The van der Waals surface area contributed by atoms with Crippen LogP contribution in [0, 0.1) is 5.92 Å². The molecule has 0 unspecified atom stereocenters. The Morgan fingerprint density at radius 1 is 1.29 bits per heavy atom. The molecule has 1 aromatic rings. The molecule has 1 saturated heterocycles. The highest BCUT2D eigenvalue weighted by molar-refractivity contribution is 7.89. The van der Waals surface area contributed by atoms with Crippen LogP contribution < -0.4 is 0 Å². The number of hydrogen-bond donors (Lipinski definition) is 0. The molecule has 0 saturated carbocycles. The van der Waals surface area contributed by atoms with E-state index in [1.165, 1.54) is 4.31 Å². The lowest BCUT2D eigenvalue weighted by Gasteiger charge is -2.32. The van der Waals surface area contributed by atoms with Crippen molar-refractivity contribution < 1.29 is 13.2 Å². The summed E-state index contributed by atoms with van der Waals surface area (Å²) in [6.45, 7) is 2.82. The molecule has 1 aliphatic heterocycles. The molecule has 0 N–H and O–H groups in total. The SMILES string of the molecule is CCS(=O)(=O)N1CCC(C(=O)N(C)Cc2cccc(Cl)c2Cl)CC1. The molecule has 134 valence electrons. The van der Waals surface area contributed by atoms with Gasteiger partial charge in [-0.1, -0.05) is 35.3 Å². The van der Waals surface area contributed by atoms with Crippen molar-refractivity contribution in [3.8, 4) is 0 Å². The number of benzene rings is 1. The van der Waals surface area contributed by atoms with Crippen LogP contribution in [-0.4, -0.2) is 49.4 Å². The minimum Gasteiger partial charge on any atom is -0.341 e. The third-order valence-corrected chi connectivity index (χ3v) is 7.12. The third kappa shape index (κ3) is 4.42. The number of hydrogen-bond acceptors (Lipinski definition) is 3. The average molecular weight is 393 g/mol. The summed E-state index contributed by atoms with van der Waals surface area (Å²) in [6, 6.07) is 5.35. The van der Waals surface area contributed by atoms with E-state index in [4.69, 9.17) is 23.2 Å². The first-order chi connectivity index (χ1) is 11.3. The van der Waals surface area contributed by atoms with Gasteiger partial charge in [-0.05, 0) is 31.4 Å². The van der Waals surface area contributed by atoms with Gasteiger partial charge in [-0.3, -0.25) is 4.79 Å². The van der Waals surface area contributed by atoms with Gasteiger partial charge < -0.3 is 4.90 Å². The van der Waals surface area contributed by atoms with Gasteiger partial charge in [0.05, 0.1) is 15.8 Å². The van der Waals surface area contributed by atoms with Crippen molar-refractivity contribution in [3.05, 3.63) is 33.8 Å². The van der Waals surface area contributed by atoms with Crippen molar-refractivity contribution in [2.45, 2.75) is 26.3 Å². The number of rotatable bonds is 5. The molecular formula is C16H22Cl2N2O3S. The maximum Gasteiger partial charge on any atom is 0.225 e. The Morgan fingerprint density at radius 3 is 2.50 bits per heavy atom. The van der Waals surface area contributed by atoms with Gasteiger partial charge in [0.2, 0.25) is 15.9 Å². The van der Waals surface area contributed by atoms with Crippen molar-refractivity contribution in [2.24, 2.45) is 5.92 Å². The number of piperidine rings is 1. The number of amides is 1. The molecule has 0 aliphatic carbocycles. The molecule has 0 bridgehead atoms. The van der Waals surface area contributed by atoms with E-state index in [2.05, 4.69) is 0 Å². The van der Waals surface area contributed by atoms with Crippen LogP contribution >= 0.6 is 23.2 Å². The lowest BCUT2D eigenvalue weighted by Crippen LogP contribution is -2.43. The molecule has 5 nitrogen and oxygen atoms in total. The maximum atomic E-state index is 12.6. The van der Waals surface area contributed by atoms with Crippen LogP contribution in [-0.2, 0) is 21.4 Å². The fourth-order valence-electron chi connectivity index (χ4n) is 2.88. The van der Waals surface area contributed by atoms with E-state index >= 15 is 0 Å². The van der Waals surface area contributed by atoms with Gasteiger partial charge >= 0.3 is 0 Å². The standard InChI is InChI=1S/C16H22Cl2N2O3S/c1-3-24(22,23)20-9-7-12(8-10-20)16(21)19(2)11-13-5-4-6-14(17)15(13)18/h4-6,12H,3,7-11H2,1-2H3. The normalized spacial score (nSPS) is 17.0. The number of sulfonamides is 1. The Bertz CT molecular complexity index is 701. The zero-order valence-electron chi connectivity index (χ0n) is 13.8. The molecule has 24 heavy (non-hydrogen) atoms. The molecule has 1 aliphatic rings. The van der Waals surface area contributed by atoms with Crippen molar-refractivity contribution >= 4 is 39.1 Å². The highest BCUT2D eigenvalue weighted by atomic mass is 35.5. The Labute approximate surface area is 153 Å². The number of carbonyl (C=O) groups is 1. The minimum absolute atomic E-state index is 0.0135. The van der Waals surface area contributed by atoms with Crippen LogP contribution in [0.1, 0.15) is 25.3 Å². The molecule has 0 atom stereocenters. The molecule has 2 rings (SSSR count). The first-order valence-electron chi connectivity index (χ1n) is 7.92. The van der Waals surface area contributed by atoms with Crippen molar-refractivity contribution in [2.75, 3.05) is 25.9 Å². The maximum absolute atomic E-state index is 12.6. The first-order valence-corrected chi connectivity index (χ1v) is 10.3. The molecule has 1 heterocycles. The fraction of sp³-hybridized carbons (Fsp3) is 0.562. The second-order valence-corrected chi connectivity index (χ2v) is 9.02. The van der Waals surface area contributed by atoms with E-state index in [0.29, 0.717) is 42.5 Å². The van der Waals surface area contributed by atoms with E-state index in [1.54, 1.807) is 31.0 Å².